The van der Waals surface area contributed by atoms with Gasteiger partial charge < -0.3 is 10.1 Å². The summed E-state index contributed by atoms with van der Waals surface area (Å²) in [6.07, 6.45) is 1.79. The van der Waals surface area contributed by atoms with Crippen molar-refractivity contribution < 1.29 is 23.9 Å². The van der Waals surface area contributed by atoms with Crippen molar-refractivity contribution in [2.75, 3.05) is 5.32 Å². The molecule has 0 fully saturated rings. The lowest BCUT2D eigenvalue weighted by Crippen LogP contribution is -2.30. The fourth-order valence-electron chi connectivity index (χ4n) is 3.19. The number of hydrogen-bond acceptors (Lipinski definition) is 6. The molecule has 0 aliphatic heterocycles. The lowest BCUT2D eigenvalue weighted by Gasteiger charge is -2.19. The van der Waals surface area contributed by atoms with Crippen LogP contribution in [0.5, 0.6) is 0 Å². The minimum Gasteiger partial charge on any atom is -0.449 e. The molecule has 1 heterocycles. The number of ketones is 2. The molecule has 1 atom stereocenters. The molecular formula is C23H16N2O5. The summed E-state index contributed by atoms with van der Waals surface area (Å²) in [4.78, 5) is 53.8. The predicted molar refractivity (Wildman–Crippen MR) is 107 cm³/mol. The van der Waals surface area contributed by atoms with Crippen LogP contribution in [-0.2, 0) is 9.53 Å². The third-order valence-electron chi connectivity index (χ3n) is 4.74. The number of nitrogens with one attached hydrogen (secondary N) is 1. The van der Waals surface area contributed by atoms with Crippen LogP contribution < -0.4 is 5.32 Å². The van der Waals surface area contributed by atoms with Crippen LogP contribution in [0.25, 0.3) is 0 Å². The second-order valence-corrected chi connectivity index (χ2v) is 6.74. The van der Waals surface area contributed by atoms with E-state index in [0.29, 0.717) is 16.8 Å². The van der Waals surface area contributed by atoms with E-state index in [2.05, 4.69) is 10.3 Å². The lowest BCUT2D eigenvalue weighted by molar-refractivity contribution is -0.123. The van der Waals surface area contributed by atoms with Gasteiger partial charge in [0, 0.05) is 40.3 Å². The zero-order valence-corrected chi connectivity index (χ0v) is 15.9. The average molecular weight is 400 g/mol. The first-order valence-corrected chi connectivity index (χ1v) is 9.20. The van der Waals surface area contributed by atoms with E-state index < -0.39 is 18.0 Å². The fraction of sp³-hybridized carbons (Fsp3) is 0.0870. The Labute approximate surface area is 171 Å². The molecule has 0 saturated heterocycles. The van der Waals surface area contributed by atoms with Gasteiger partial charge in [0.1, 0.15) is 0 Å². The van der Waals surface area contributed by atoms with Crippen molar-refractivity contribution in [3.63, 3.8) is 0 Å². The first-order chi connectivity index (χ1) is 14.5. The molecule has 2 aromatic carbocycles. The third kappa shape index (κ3) is 3.48. The van der Waals surface area contributed by atoms with E-state index in [-0.39, 0.29) is 28.3 Å². The van der Waals surface area contributed by atoms with Crippen molar-refractivity contribution in [1.82, 2.24) is 4.98 Å². The molecule has 1 aromatic heterocycles. The maximum atomic E-state index is 12.8. The Morgan fingerprint density at radius 1 is 0.900 bits per heavy atom. The fourth-order valence-corrected chi connectivity index (χ4v) is 3.19. The van der Waals surface area contributed by atoms with Crippen molar-refractivity contribution in [2.24, 2.45) is 0 Å². The molecule has 0 radical (unpaired) electrons. The lowest BCUT2D eigenvalue weighted by atomic mass is 9.84. The van der Waals surface area contributed by atoms with Crippen molar-refractivity contribution in [3.05, 3.63) is 94.8 Å². The number of pyridine rings is 1. The molecule has 4 rings (SSSR count). The molecule has 1 N–H and O–H groups in total. The van der Waals surface area contributed by atoms with Gasteiger partial charge in [-0.25, -0.2) is 4.79 Å². The Bertz CT molecular complexity index is 1190. The summed E-state index contributed by atoms with van der Waals surface area (Å²) in [6, 6.07) is 14.2. The summed E-state index contributed by atoms with van der Waals surface area (Å²) in [5.74, 6) is -1.76. The number of fused-ring (bicyclic) bond motifs is 2. The van der Waals surface area contributed by atoms with Gasteiger partial charge in [-0.15, -0.1) is 0 Å². The highest BCUT2D eigenvalue weighted by atomic mass is 16.5. The minimum atomic E-state index is -1.08. The maximum Gasteiger partial charge on any atom is 0.340 e. The number of anilines is 1. The summed E-state index contributed by atoms with van der Waals surface area (Å²) >= 11 is 0. The van der Waals surface area contributed by atoms with E-state index in [1.165, 1.54) is 43.6 Å². The normalized spacial score (nSPS) is 13.1. The molecule has 0 unspecified atom stereocenters. The van der Waals surface area contributed by atoms with Crippen LogP contribution in [0.4, 0.5) is 5.69 Å². The predicted octanol–water partition coefficient (Wildman–Crippen LogP) is 3.04. The summed E-state index contributed by atoms with van der Waals surface area (Å²) in [7, 11) is 0. The van der Waals surface area contributed by atoms with Crippen LogP contribution in [0.3, 0.4) is 0 Å². The van der Waals surface area contributed by atoms with E-state index in [0.717, 1.165) is 0 Å². The van der Waals surface area contributed by atoms with E-state index >= 15 is 0 Å². The second-order valence-electron chi connectivity index (χ2n) is 6.74. The molecule has 30 heavy (non-hydrogen) atoms. The Morgan fingerprint density at radius 3 is 2.23 bits per heavy atom. The van der Waals surface area contributed by atoms with E-state index in [4.69, 9.17) is 4.74 Å². The molecular weight excluding hydrogens is 384 g/mol. The first-order valence-electron chi connectivity index (χ1n) is 9.20. The molecule has 148 valence electrons. The van der Waals surface area contributed by atoms with Crippen LogP contribution in [0.15, 0.2) is 67.0 Å². The third-order valence-corrected chi connectivity index (χ3v) is 4.74. The van der Waals surface area contributed by atoms with Crippen LogP contribution in [0.1, 0.15) is 49.1 Å². The molecule has 7 heteroatoms. The van der Waals surface area contributed by atoms with Crippen molar-refractivity contribution >= 4 is 29.1 Å². The average Bonchev–Trinajstić information content (AvgIpc) is 2.78. The number of ether oxygens (including phenoxy) is 1. The van der Waals surface area contributed by atoms with Crippen LogP contribution in [-0.4, -0.2) is 34.5 Å². The van der Waals surface area contributed by atoms with Crippen molar-refractivity contribution in [1.29, 1.82) is 0 Å². The highest BCUT2D eigenvalue weighted by Crippen LogP contribution is 2.29. The Kier molecular flexibility index (Phi) is 4.93. The Morgan fingerprint density at radius 2 is 1.57 bits per heavy atom. The molecule has 0 saturated carbocycles. The van der Waals surface area contributed by atoms with Gasteiger partial charge in [0.15, 0.2) is 17.7 Å². The van der Waals surface area contributed by atoms with Gasteiger partial charge in [-0.1, -0.05) is 24.3 Å². The number of nitrogens with zero attached hydrogens (tertiary/aromatic N) is 1. The van der Waals surface area contributed by atoms with Gasteiger partial charge in [-0.05, 0) is 37.3 Å². The van der Waals surface area contributed by atoms with Gasteiger partial charge in [0.25, 0.3) is 5.91 Å². The zero-order valence-electron chi connectivity index (χ0n) is 15.9. The number of rotatable bonds is 4. The Hall–Kier alpha value is -4.13. The van der Waals surface area contributed by atoms with E-state index in [9.17, 15) is 19.2 Å². The number of esters is 1. The van der Waals surface area contributed by atoms with Gasteiger partial charge in [0.2, 0.25) is 0 Å². The summed E-state index contributed by atoms with van der Waals surface area (Å²) < 4.78 is 5.16. The number of aromatic nitrogens is 1. The maximum absolute atomic E-state index is 12.8. The summed E-state index contributed by atoms with van der Waals surface area (Å²) in [6.45, 7) is 1.44. The quantitative estimate of drug-likeness (QED) is 0.528. The van der Waals surface area contributed by atoms with Gasteiger partial charge in [0.05, 0.1) is 5.56 Å². The first kappa shape index (κ1) is 19.2. The van der Waals surface area contributed by atoms with Gasteiger partial charge >= 0.3 is 5.97 Å². The topological polar surface area (TPSA) is 102 Å². The van der Waals surface area contributed by atoms with Crippen molar-refractivity contribution in [2.45, 2.75) is 13.0 Å². The van der Waals surface area contributed by atoms with Crippen molar-refractivity contribution in [3.8, 4) is 0 Å². The molecule has 0 spiro atoms. The van der Waals surface area contributed by atoms with Crippen LogP contribution in [0.2, 0.25) is 0 Å². The number of amides is 1. The number of benzene rings is 2. The summed E-state index contributed by atoms with van der Waals surface area (Å²) in [5.41, 5.74) is 1.75. The standard InChI is InChI=1S/C23H16N2O5/c1-13(30-23(29)14-5-4-10-24-12-14)22(28)25-15-8-9-18-19(11-15)21(27)17-7-3-2-6-16(17)20(18)26/h2-13H,1H3,(H,25,28)/t13-/m1/s1. The molecule has 3 aromatic rings. The van der Waals surface area contributed by atoms with Gasteiger partial charge in [-0.2, -0.15) is 0 Å². The van der Waals surface area contributed by atoms with E-state index in [1.807, 2.05) is 0 Å². The second kappa shape index (κ2) is 7.71. The smallest absolute Gasteiger partial charge is 0.340 e. The molecule has 1 amide bonds. The number of hydrogen-bond donors (Lipinski definition) is 1. The SMILES string of the molecule is C[C@@H](OC(=O)c1cccnc1)C(=O)Nc1ccc2c(c1)C(=O)c1ccccc1C2=O. The molecule has 0 bridgehead atoms. The zero-order chi connectivity index (χ0) is 21.3. The van der Waals surface area contributed by atoms with Gasteiger partial charge in [-0.3, -0.25) is 19.4 Å². The number of carbonyl (C=O) groups is 4. The summed E-state index contributed by atoms with van der Waals surface area (Å²) in [5, 5.41) is 2.61. The molecule has 1 aliphatic carbocycles. The highest BCUT2D eigenvalue weighted by molar-refractivity contribution is 6.28. The Balaban J connectivity index is 1.51. The molecule has 7 nitrogen and oxygen atoms in total. The largest absolute Gasteiger partial charge is 0.449 e. The monoisotopic (exact) mass is 400 g/mol. The molecule has 1 aliphatic rings. The van der Waals surface area contributed by atoms with E-state index in [1.54, 1.807) is 30.3 Å². The van der Waals surface area contributed by atoms with Crippen LogP contribution >= 0.6 is 0 Å². The van der Waals surface area contributed by atoms with Crippen LogP contribution in [0, 0.1) is 0 Å². The minimum absolute atomic E-state index is 0.219. The highest BCUT2D eigenvalue weighted by Gasteiger charge is 2.29. The number of carbonyl (C=O) groups excluding carboxylic acids is 4.